The molecule has 48 heavy (non-hydrogen) atoms. The zero-order valence-electron chi connectivity index (χ0n) is 29.9. The number of hydrogen-bond acceptors (Lipinski definition) is 6. The molecule has 2 aromatic carbocycles. The molecule has 4 N–H and O–H groups in total. The molecule has 5 aromatic rings. The molecule has 0 unspecified atom stereocenters. The maximum absolute atomic E-state index is 14.0. The van der Waals surface area contributed by atoms with E-state index < -0.39 is 8.32 Å². The highest BCUT2D eigenvalue weighted by molar-refractivity contribution is 6.72. The van der Waals surface area contributed by atoms with Crippen LogP contribution in [0.1, 0.15) is 70.2 Å². The molecule has 8 nitrogen and oxygen atoms in total. The molecule has 0 aliphatic heterocycles. The third-order valence-electron chi connectivity index (χ3n) is 9.99. The first-order valence-corrected chi connectivity index (χ1v) is 20.5. The van der Waals surface area contributed by atoms with Gasteiger partial charge in [0.1, 0.15) is 5.82 Å². The monoisotopic (exact) mass is 666 g/mol. The molecule has 0 atom stereocenters. The van der Waals surface area contributed by atoms with Gasteiger partial charge in [0, 0.05) is 37.1 Å². The molecule has 0 spiro atoms. The minimum absolute atomic E-state index is 0.0924. The fraction of sp³-hybridized carbons (Fsp3) is 0.462. The van der Waals surface area contributed by atoms with Crippen LogP contribution in [-0.2, 0) is 26.4 Å². The molecule has 0 aliphatic rings. The van der Waals surface area contributed by atoms with E-state index in [9.17, 15) is 9.59 Å². The van der Waals surface area contributed by atoms with Crippen LogP contribution in [0.2, 0.25) is 18.1 Å². The number of anilines is 1. The lowest BCUT2D eigenvalue weighted by Gasteiger charge is -2.35. The van der Waals surface area contributed by atoms with Crippen molar-refractivity contribution in [3.8, 4) is 11.3 Å². The molecular weight excluding hydrogens is 613 g/mol. The molecule has 0 saturated carbocycles. The fourth-order valence-corrected chi connectivity index (χ4v) is 7.09. The molecule has 0 aliphatic carbocycles. The number of nitrogens with one attached hydrogen (secondary N) is 1. The van der Waals surface area contributed by atoms with E-state index in [1.54, 1.807) is 7.05 Å². The second-order valence-corrected chi connectivity index (χ2v) is 19.4. The topological polar surface area (TPSA) is 111 Å². The third kappa shape index (κ3) is 7.91. The quantitative estimate of drug-likeness (QED) is 0.0782. The second kappa shape index (κ2) is 14.8. The predicted molar refractivity (Wildman–Crippen MR) is 203 cm³/mol. The average Bonchev–Trinajstić information content (AvgIpc) is 3.41. The SMILES string of the molecule is CC(C)Cc1nn(C)c(=O)c2c(-c3cccc(CCC(C)(C)[Si](C)(C)O)c3)n(Cc3cc(NCCCCCN)nc4ccccc34)cc12. The van der Waals surface area contributed by atoms with Crippen LogP contribution in [-0.4, -0.2) is 45.5 Å². The van der Waals surface area contributed by atoms with Gasteiger partial charge in [-0.1, -0.05) is 70.5 Å². The Kier molecular flexibility index (Phi) is 10.9. The molecular formula is C39H54N6O2Si. The predicted octanol–water partition coefficient (Wildman–Crippen LogP) is 7.65. The first-order valence-electron chi connectivity index (χ1n) is 17.5. The van der Waals surface area contributed by atoms with Gasteiger partial charge in [-0.25, -0.2) is 9.67 Å². The summed E-state index contributed by atoms with van der Waals surface area (Å²) in [7, 11) is -0.583. The highest BCUT2D eigenvalue weighted by Crippen LogP contribution is 2.40. The van der Waals surface area contributed by atoms with Crippen LogP contribution in [0.25, 0.3) is 32.9 Å². The molecule has 3 heterocycles. The van der Waals surface area contributed by atoms with E-state index in [2.05, 4.69) is 92.3 Å². The van der Waals surface area contributed by atoms with E-state index in [1.165, 1.54) is 10.2 Å². The highest BCUT2D eigenvalue weighted by atomic mass is 28.4. The Balaban J connectivity index is 1.64. The van der Waals surface area contributed by atoms with Crippen LogP contribution in [0.3, 0.4) is 0 Å². The molecule has 0 fully saturated rings. The average molecular weight is 667 g/mol. The lowest BCUT2D eigenvalue weighted by Crippen LogP contribution is -2.39. The van der Waals surface area contributed by atoms with Gasteiger partial charge in [-0.15, -0.1) is 0 Å². The van der Waals surface area contributed by atoms with Gasteiger partial charge in [0.2, 0.25) is 0 Å². The number of hydrogen-bond donors (Lipinski definition) is 3. The zero-order valence-corrected chi connectivity index (χ0v) is 30.9. The Bertz CT molecular complexity index is 1940. The van der Waals surface area contributed by atoms with Crippen molar-refractivity contribution >= 4 is 35.8 Å². The normalized spacial score (nSPS) is 12.5. The number of aromatic nitrogens is 4. The summed E-state index contributed by atoms with van der Waals surface area (Å²) in [6.45, 7) is 14.9. The van der Waals surface area contributed by atoms with Gasteiger partial charge in [0.15, 0.2) is 8.32 Å². The maximum Gasteiger partial charge on any atom is 0.276 e. The summed E-state index contributed by atoms with van der Waals surface area (Å²) >= 11 is 0. The van der Waals surface area contributed by atoms with Gasteiger partial charge < -0.3 is 20.4 Å². The van der Waals surface area contributed by atoms with E-state index in [-0.39, 0.29) is 10.6 Å². The van der Waals surface area contributed by atoms with Crippen molar-refractivity contribution < 1.29 is 4.80 Å². The van der Waals surface area contributed by atoms with Gasteiger partial charge in [-0.05, 0) is 97.6 Å². The van der Waals surface area contributed by atoms with E-state index in [4.69, 9.17) is 15.8 Å². The Hall–Kier alpha value is -3.79. The number of nitrogens with two attached hydrogens (primary N) is 1. The Labute approximate surface area is 286 Å². The van der Waals surface area contributed by atoms with E-state index >= 15 is 0 Å². The molecule has 0 radical (unpaired) electrons. The third-order valence-corrected chi connectivity index (χ3v) is 13.6. The Morgan fingerprint density at radius 2 is 1.79 bits per heavy atom. The molecule has 0 saturated heterocycles. The highest BCUT2D eigenvalue weighted by Gasteiger charge is 2.37. The van der Waals surface area contributed by atoms with Crippen LogP contribution in [0.15, 0.2) is 65.6 Å². The van der Waals surface area contributed by atoms with Crippen molar-refractivity contribution in [2.45, 2.75) is 90.9 Å². The number of pyridine rings is 1. The smallest absolute Gasteiger partial charge is 0.276 e. The van der Waals surface area contributed by atoms with Crippen molar-refractivity contribution in [3.63, 3.8) is 0 Å². The number of unbranched alkanes of at least 4 members (excludes halogenated alkanes) is 2. The van der Waals surface area contributed by atoms with Crippen LogP contribution in [0.4, 0.5) is 5.82 Å². The summed E-state index contributed by atoms with van der Waals surface area (Å²) in [5.41, 5.74) is 11.7. The fourth-order valence-electron chi connectivity index (χ4n) is 6.36. The van der Waals surface area contributed by atoms with Gasteiger partial charge in [-0.2, -0.15) is 5.10 Å². The van der Waals surface area contributed by atoms with Crippen molar-refractivity contribution in [2.75, 3.05) is 18.4 Å². The van der Waals surface area contributed by atoms with Gasteiger partial charge in [-0.3, -0.25) is 4.79 Å². The number of benzene rings is 2. The lowest BCUT2D eigenvalue weighted by molar-refractivity contribution is 0.451. The molecule has 5 rings (SSSR count). The van der Waals surface area contributed by atoms with Crippen LogP contribution < -0.4 is 16.6 Å². The second-order valence-electron chi connectivity index (χ2n) is 15.0. The summed E-state index contributed by atoms with van der Waals surface area (Å²) in [6.07, 6.45) is 7.81. The van der Waals surface area contributed by atoms with Crippen LogP contribution in [0.5, 0.6) is 0 Å². The maximum atomic E-state index is 14.0. The Morgan fingerprint density at radius 3 is 2.52 bits per heavy atom. The number of nitrogens with zero attached hydrogens (tertiary/aromatic N) is 4. The summed E-state index contributed by atoms with van der Waals surface area (Å²) in [5.74, 6) is 1.24. The van der Waals surface area contributed by atoms with E-state index in [0.29, 0.717) is 24.4 Å². The van der Waals surface area contributed by atoms with Crippen molar-refractivity contribution in [2.24, 2.45) is 18.7 Å². The van der Waals surface area contributed by atoms with Crippen LogP contribution in [0, 0.1) is 5.92 Å². The minimum atomic E-state index is -2.34. The first kappa shape index (κ1) is 35.5. The molecule has 0 amide bonds. The van der Waals surface area contributed by atoms with E-state index in [1.807, 2.05) is 19.2 Å². The van der Waals surface area contributed by atoms with Crippen molar-refractivity contribution in [1.29, 1.82) is 0 Å². The summed E-state index contributed by atoms with van der Waals surface area (Å²) in [5, 5.41) is 10.9. The standard InChI is InChI=1S/C39H54N6O2Si/c1-27(2)22-34-32-26-45(25-30-24-35(41-21-12-8-11-20-40)42-33-17-10-9-16-31(30)33)37(36(32)38(46)44(5)43-34)29-15-13-14-28(23-29)18-19-39(3,4)48(6,7)47/h9-10,13-17,23-24,26-27,47H,8,11-12,18-22,25,40H2,1-7H3,(H,41,42). The van der Waals surface area contributed by atoms with Gasteiger partial charge in [0.25, 0.3) is 5.56 Å². The number of rotatable bonds is 15. The molecule has 9 heteroatoms. The zero-order chi connectivity index (χ0) is 34.6. The lowest BCUT2D eigenvalue weighted by atomic mass is 9.98. The number of para-hydroxylation sites is 1. The first-order chi connectivity index (χ1) is 22.8. The molecule has 0 bridgehead atoms. The van der Waals surface area contributed by atoms with Crippen LogP contribution >= 0.6 is 0 Å². The summed E-state index contributed by atoms with van der Waals surface area (Å²) in [4.78, 5) is 29.8. The van der Waals surface area contributed by atoms with Gasteiger partial charge >= 0.3 is 0 Å². The largest absolute Gasteiger partial charge is 0.432 e. The van der Waals surface area contributed by atoms with Gasteiger partial charge in [0.05, 0.1) is 22.3 Å². The molecule has 256 valence electrons. The number of fused-ring (bicyclic) bond motifs is 2. The number of aryl methyl sites for hydroxylation is 2. The van der Waals surface area contributed by atoms with Crippen molar-refractivity contribution in [3.05, 3.63) is 88.0 Å². The molecule has 3 aromatic heterocycles. The summed E-state index contributed by atoms with van der Waals surface area (Å²) < 4.78 is 3.75. The Morgan fingerprint density at radius 1 is 1.02 bits per heavy atom. The summed E-state index contributed by atoms with van der Waals surface area (Å²) in [6, 6.07) is 19.0. The minimum Gasteiger partial charge on any atom is -0.432 e. The van der Waals surface area contributed by atoms with E-state index in [0.717, 1.165) is 89.7 Å². The van der Waals surface area contributed by atoms with Crippen molar-refractivity contribution in [1.82, 2.24) is 19.3 Å².